The highest BCUT2D eigenvalue weighted by molar-refractivity contribution is 5.83. The lowest BCUT2D eigenvalue weighted by Gasteiger charge is -2.35. The number of nitrogens with zero attached hydrogens (tertiary/aromatic N) is 1. The summed E-state index contributed by atoms with van der Waals surface area (Å²) in [6, 6.07) is 4.70. The molecule has 136 valence electrons. The van der Waals surface area contributed by atoms with Crippen molar-refractivity contribution in [3.63, 3.8) is 0 Å². The lowest BCUT2D eigenvalue weighted by atomic mass is 10.0. The summed E-state index contributed by atoms with van der Waals surface area (Å²) in [5.41, 5.74) is 1.96. The summed E-state index contributed by atoms with van der Waals surface area (Å²) in [5, 5.41) is 10.9. The van der Waals surface area contributed by atoms with Crippen LogP contribution < -0.4 is 0 Å². The minimum atomic E-state index is -0.750. The molecule has 25 heavy (non-hydrogen) atoms. The topological polar surface area (TPSA) is 74.8 Å². The van der Waals surface area contributed by atoms with Crippen molar-refractivity contribution in [2.24, 2.45) is 0 Å². The number of hydrogen-bond donors (Lipinski definition) is 2. The second-order valence-corrected chi connectivity index (χ2v) is 6.25. The first kappa shape index (κ1) is 17.7. The third-order valence-corrected chi connectivity index (χ3v) is 4.55. The van der Waals surface area contributed by atoms with Crippen molar-refractivity contribution in [3.8, 4) is 0 Å². The summed E-state index contributed by atoms with van der Waals surface area (Å²) < 4.78 is 23.4. The Kier molecular flexibility index (Phi) is 5.55. The fraction of sp³-hybridized carbons (Fsp3) is 0.500. The molecule has 3 rings (SSSR count). The number of rotatable bonds is 5. The molecule has 1 aromatic heterocycles. The van der Waals surface area contributed by atoms with Gasteiger partial charge >= 0.3 is 6.16 Å². The number of aliphatic hydroxyl groups excluding tert-OH is 1. The molecular weight excluding hydrogens is 327 g/mol. The lowest BCUT2D eigenvalue weighted by Crippen LogP contribution is -2.49. The number of carbonyl (C=O) groups is 1. The molecule has 0 amide bonds. The van der Waals surface area contributed by atoms with Crippen LogP contribution >= 0.6 is 0 Å². The SMILES string of the molecule is CCOC(=O)O[C@H]1CN(CCc2c[nH]c3ccc(F)cc23)CC[C@@H]1O. The Balaban J connectivity index is 1.59. The molecule has 2 aromatic rings. The van der Waals surface area contributed by atoms with E-state index in [1.54, 1.807) is 13.0 Å². The summed E-state index contributed by atoms with van der Waals surface area (Å²) in [6.07, 6.45) is 1.16. The molecule has 0 unspecified atom stereocenters. The highest BCUT2D eigenvalue weighted by Gasteiger charge is 2.31. The normalized spacial score (nSPS) is 21.4. The molecule has 1 aliphatic rings. The van der Waals surface area contributed by atoms with Crippen molar-refractivity contribution in [2.45, 2.75) is 32.0 Å². The summed E-state index contributed by atoms with van der Waals surface area (Å²) in [7, 11) is 0. The number of carbonyl (C=O) groups excluding carboxylic acids is 1. The van der Waals surface area contributed by atoms with Gasteiger partial charge in [-0.05, 0) is 43.5 Å². The van der Waals surface area contributed by atoms with E-state index in [9.17, 15) is 14.3 Å². The van der Waals surface area contributed by atoms with E-state index >= 15 is 0 Å². The first-order valence-corrected chi connectivity index (χ1v) is 8.56. The van der Waals surface area contributed by atoms with Crippen LogP contribution in [-0.2, 0) is 15.9 Å². The molecule has 0 spiro atoms. The minimum absolute atomic E-state index is 0.239. The molecule has 1 fully saturated rings. The lowest BCUT2D eigenvalue weighted by molar-refractivity contribution is -0.0670. The Hall–Kier alpha value is -2.12. The molecule has 2 heterocycles. The van der Waals surface area contributed by atoms with E-state index in [-0.39, 0.29) is 12.4 Å². The molecule has 6 nitrogen and oxygen atoms in total. The van der Waals surface area contributed by atoms with Crippen molar-refractivity contribution in [3.05, 3.63) is 35.8 Å². The van der Waals surface area contributed by atoms with Crippen molar-refractivity contribution in [1.82, 2.24) is 9.88 Å². The molecule has 0 radical (unpaired) electrons. The zero-order valence-electron chi connectivity index (χ0n) is 14.2. The maximum absolute atomic E-state index is 13.5. The van der Waals surface area contributed by atoms with Gasteiger partial charge in [-0.15, -0.1) is 0 Å². The smallest absolute Gasteiger partial charge is 0.435 e. The molecule has 1 aromatic carbocycles. The van der Waals surface area contributed by atoms with Crippen LogP contribution in [0.5, 0.6) is 0 Å². The number of aromatic amines is 1. The number of nitrogens with one attached hydrogen (secondary N) is 1. The average Bonchev–Trinajstić information content (AvgIpc) is 2.98. The molecule has 0 bridgehead atoms. The predicted octanol–water partition coefficient (Wildman–Crippen LogP) is 2.46. The Bertz CT molecular complexity index is 733. The van der Waals surface area contributed by atoms with Crippen LogP contribution in [0.25, 0.3) is 10.9 Å². The Morgan fingerprint density at radius 1 is 1.48 bits per heavy atom. The van der Waals surface area contributed by atoms with Crippen LogP contribution in [0.1, 0.15) is 18.9 Å². The highest BCUT2D eigenvalue weighted by atomic mass is 19.1. The van der Waals surface area contributed by atoms with Crippen molar-refractivity contribution >= 4 is 17.1 Å². The molecule has 2 N–H and O–H groups in total. The third kappa shape index (κ3) is 4.29. The number of likely N-dealkylation sites (tertiary alicyclic amines) is 1. The predicted molar refractivity (Wildman–Crippen MR) is 90.9 cm³/mol. The van der Waals surface area contributed by atoms with Crippen molar-refractivity contribution < 1.29 is 23.8 Å². The van der Waals surface area contributed by atoms with Gasteiger partial charge in [-0.3, -0.25) is 4.90 Å². The van der Waals surface area contributed by atoms with E-state index in [4.69, 9.17) is 9.47 Å². The highest BCUT2D eigenvalue weighted by Crippen LogP contribution is 2.21. The molecule has 7 heteroatoms. The summed E-state index contributed by atoms with van der Waals surface area (Å²) in [6.45, 7) is 3.85. The molecule has 1 saturated heterocycles. The zero-order valence-corrected chi connectivity index (χ0v) is 14.2. The largest absolute Gasteiger partial charge is 0.508 e. The van der Waals surface area contributed by atoms with Gasteiger partial charge in [0, 0.05) is 36.7 Å². The van der Waals surface area contributed by atoms with Gasteiger partial charge < -0.3 is 19.6 Å². The number of halogens is 1. The number of aromatic nitrogens is 1. The molecule has 0 aliphatic carbocycles. The number of H-pyrrole nitrogens is 1. The number of benzene rings is 1. The fourth-order valence-electron chi connectivity index (χ4n) is 3.20. The van der Waals surface area contributed by atoms with Gasteiger partial charge in [0.1, 0.15) is 11.9 Å². The Labute approximate surface area is 145 Å². The first-order chi connectivity index (χ1) is 12.1. The van der Waals surface area contributed by atoms with E-state index in [1.807, 2.05) is 6.20 Å². The average molecular weight is 350 g/mol. The maximum Gasteiger partial charge on any atom is 0.508 e. The van der Waals surface area contributed by atoms with Gasteiger partial charge in [0.15, 0.2) is 0 Å². The van der Waals surface area contributed by atoms with Crippen LogP contribution in [-0.4, -0.2) is 59.6 Å². The fourth-order valence-corrected chi connectivity index (χ4v) is 3.20. The summed E-state index contributed by atoms with van der Waals surface area (Å²) >= 11 is 0. The van der Waals surface area contributed by atoms with E-state index in [1.165, 1.54) is 12.1 Å². The number of ether oxygens (including phenoxy) is 2. The first-order valence-electron chi connectivity index (χ1n) is 8.56. The van der Waals surface area contributed by atoms with Crippen LogP contribution in [0.15, 0.2) is 24.4 Å². The van der Waals surface area contributed by atoms with E-state index in [0.717, 1.165) is 36.0 Å². The van der Waals surface area contributed by atoms with Gasteiger partial charge in [0.25, 0.3) is 0 Å². The minimum Gasteiger partial charge on any atom is -0.435 e. The second-order valence-electron chi connectivity index (χ2n) is 6.25. The second kappa shape index (κ2) is 7.84. The molecule has 1 aliphatic heterocycles. The Morgan fingerprint density at radius 2 is 2.32 bits per heavy atom. The van der Waals surface area contributed by atoms with E-state index in [2.05, 4.69) is 9.88 Å². The zero-order chi connectivity index (χ0) is 17.8. The van der Waals surface area contributed by atoms with Gasteiger partial charge in [0.05, 0.1) is 12.7 Å². The summed E-state index contributed by atoms with van der Waals surface area (Å²) in [5.74, 6) is -0.252. The van der Waals surface area contributed by atoms with Gasteiger partial charge in [0.2, 0.25) is 0 Å². The van der Waals surface area contributed by atoms with Crippen LogP contribution in [0.3, 0.4) is 0 Å². The van der Waals surface area contributed by atoms with Crippen LogP contribution in [0.2, 0.25) is 0 Å². The maximum atomic E-state index is 13.5. The summed E-state index contributed by atoms with van der Waals surface area (Å²) in [4.78, 5) is 16.8. The number of hydrogen-bond acceptors (Lipinski definition) is 5. The molecule has 2 atom stereocenters. The van der Waals surface area contributed by atoms with Crippen molar-refractivity contribution in [1.29, 1.82) is 0 Å². The van der Waals surface area contributed by atoms with E-state index < -0.39 is 18.4 Å². The Morgan fingerprint density at radius 3 is 3.12 bits per heavy atom. The van der Waals surface area contributed by atoms with E-state index in [0.29, 0.717) is 13.0 Å². The molecular formula is C18H23FN2O4. The van der Waals surface area contributed by atoms with Crippen LogP contribution in [0.4, 0.5) is 9.18 Å². The standard InChI is InChI=1S/C18H23FN2O4/c1-2-24-18(23)25-17-11-21(8-6-16(17)22)7-5-12-10-20-15-4-3-13(19)9-14(12)15/h3-4,9-10,16-17,20,22H,2,5-8,11H2,1H3/t16-,17-/m0/s1. The van der Waals surface area contributed by atoms with Crippen LogP contribution in [0, 0.1) is 5.82 Å². The van der Waals surface area contributed by atoms with Gasteiger partial charge in [-0.2, -0.15) is 0 Å². The van der Waals surface area contributed by atoms with Gasteiger partial charge in [-0.25, -0.2) is 9.18 Å². The third-order valence-electron chi connectivity index (χ3n) is 4.55. The van der Waals surface area contributed by atoms with Crippen molar-refractivity contribution in [2.75, 3.05) is 26.2 Å². The molecule has 0 saturated carbocycles. The number of piperidine rings is 1. The monoisotopic (exact) mass is 350 g/mol. The quantitative estimate of drug-likeness (QED) is 0.811. The number of fused-ring (bicyclic) bond motifs is 1. The van der Waals surface area contributed by atoms with Gasteiger partial charge in [-0.1, -0.05) is 0 Å². The number of aliphatic hydroxyl groups is 1.